The Kier molecular flexibility index (Phi) is 4.34. The summed E-state index contributed by atoms with van der Waals surface area (Å²) >= 11 is 5.15. The van der Waals surface area contributed by atoms with E-state index in [4.69, 9.17) is 4.74 Å². The highest BCUT2D eigenvalue weighted by Gasteiger charge is 2.23. The van der Waals surface area contributed by atoms with Crippen LogP contribution < -0.4 is 10.1 Å². The first-order valence-corrected chi connectivity index (χ1v) is 7.31. The van der Waals surface area contributed by atoms with Crippen LogP contribution in [-0.2, 0) is 4.79 Å². The van der Waals surface area contributed by atoms with E-state index in [0.29, 0.717) is 0 Å². The van der Waals surface area contributed by atoms with Gasteiger partial charge in [0.05, 0.1) is 18.0 Å². The summed E-state index contributed by atoms with van der Waals surface area (Å²) in [6.07, 6.45) is 2.10. The number of benzene rings is 1. The van der Waals surface area contributed by atoms with Crippen LogP contribution in [0.2, 0.25) is 0 Å². The molecule has 0 aliphatic carbocycles. The summed E-state index contributed by atoms with van der Waals surface area (Å²) in [4.78, 5) is 12.0. The molecule has 1 aliphatic heterocycles. The average molecular weight is 316 g/mol. The zero-order valence-corrected chi connectivity index (χ0v) is 11.9. The summed E-state index contributed by atoms with van der Waals surface area (Å²) in [6, 6.07) is 5.54. The molecular weight excluding hydrogens is 302 g/mol. The van der Waals surface area contributed by atoms with Crippen molar-refractivity contribution in [2.24, 2.45) is 0 Å². The van der Waals surface area contributed by atoms with Crippen LogP contribution in [0.25, 0.3) is 0 Å². The standard InChI is InChI=1S/C12H14BrNO2S/c1-16-8-4-5-9(13)10(7-8)14-12(15)11-3-2-6-17-11/h4-5,7,11H,2-3,6H2,1H3,(H,14,15). The van der Waals surface area contributed by atoms with Gasteiger partial charge >= 0.3 is 0 Å². The Morgan fingerprint density at radius 2 is 2.41 bits per heavy atom. The fourth-order valence-electron chi connectivity index (χ4n) is 1.72. The van der Waals surface area contributed by atoms with Crippen molar-refractivity contribution < 1.29 is 9.53 Å². The second kappa shape index (κ2) is 5.78. The second-order valence-corrected chi connectivity index (χ2v) is 6.00. The number of rotatable bonds is 3. The molecule has 0 bridgehead atoms. The van der Waals surface area contributed by atoms with Crippen molar-refractivity contribution >= 4 is 39.3 Å². The van der Waals surface area contributed by atoms with Crippen LogP contribution in [0.15, 0.2) is 22.7 Å². The Labute approximate surface area is 113 Å². The van der Waals surface area contributed by atoms with Crippen LogP contribution in [0.3, 0.4) is 0 Å². The van der Waals surface area contributed by atoms with Crippen molar-refractivity contribution in [1.29, 1.82) is 0 Å². The summed E-state index contributed by atoms with van der Waals surface area (Å²) in [5.41, 5.74) is 0.766. The van der Waals surface area contributed by atoms with Gasteiger partial charge in [0.1, 0.15) is 5.75 Å². The van der Waals surface area contributed by atoms with E-state index in [9.17, 15) is 4.79 Å². The van der Waals surface area contributed by atoms with Gasteiger partial charge in [0.25, 0.3) is 0 Å². The van der Waals surface area contributed by atoms with Crippen molar-refractivity contribution in [2.45, 2.75) is 18.1 Å². The number of thioether (sulfide) groups is 1. The average Bonchev–Trinajstić information content (AvgIpc) is 2.85. The fraction of sp³-hybridized carbons (Fsp3) is 0.417. The number of hydrogen-bond acceptors (Lipinski definition) is 3. The molecule has 1 fully saturated rings. The van der Waals surface area contributed by atoms with Crippen molar-refractivity contribution in [3.8, 4) is 5.75 Å². The third kappa shape index (κ3) is 3.16. The van der Waals surface area contributed by atoms with Gasteiger partial charge in [-0.3, -0.25) is 4.79 Å². The zero-order chi connectivity index (χ0) is 12.3. The molecule has 0 saturated carbocycles. The number of anilines is 1. The van der Waals surface area contributed by atoms with Gasteiger partial charge in [-0.05, 0) is 46.7 Å². The van der Waals surface area contributed by atoms with Crippen LogP contribution in [0.4, 0.5) is 5.69 Å². The largest absolute Gasteiger partial charge is 0.497 e. The maximum Gasteiger partial charge on any atom is 0.237 e. The summed E-state index contributed by atoms with van der Waals surface area (Å²) < 4.78 is 6.01. The Hall–Kier alpha value is -0.680. The van der Waals surface area contributed by atoms with Crippen molar-refractivity contribution in [1.82, 2.24) is 0 Å². The lowest BCUT2D eigenvalue weighted by Gasteiger charge is -2.12. The predicted molar refractivity (Wildman–Crippen MR) is 74.8 cm³/mol. The van der Waals surface area contributed by atoms with Crippen molar-refractivity contribution in [3.63, 3.8) is 0 Å². The second-order valence-electron chi connectivity index (χ2n) is 3.84. The first-order valence-electron chi connectivity index (χ1n) is 5.46. The number of amides is 1. The number of methoxy groups -OCH3 is 1. The lowest BCUT2D eigenvalue weighted by Crippen LogP contribution is -2.23. The van der Waals surface area contributed by atoms with Crippen molar-refractivity contribution in [3.05, 3.63) is 22.7 Å². The van der Waals surface area contributed by atoms with Crippen LogP contribution in [-0.4, -0.2) is 24.0 Å². The third-order valence-corrected chi connectivity index (χ3v) is 4.72. The molecule has 2 rings (SSSR count). The Morgan fingerprint density at radius 3 is 3.06 bits per heavy atom. The van der Waals surface area contributed by atoms with Gasteiger partial charge in [0, 0.05) is 10.5 Å². The molecule has 1 aromatic carbocycles. The van der Waals surface area contributed by atoms with E-state index >= 15 is 0 Å². The molecule has 1 N–H and O–H groups in total. The molecule has 1 saturated heterocycles. The molecule has 5 heteroatoms. The monoisotopic (exact) mass is 315 g/mol. The lowest BCUT2D eigenvalue weighted by atomic mass is 10.2. The van der Waals surface area contributed by atoms with E-state index in [2.05, 4.69) is 21.2 Å². The molecule has 1 unspecified atom stereocenters. The van der Waals surface area contributed by atoms with Gasteiger partial charge in [-0.25, -0.2) is 0 Å². The quantitative estimate of drug-likeness (QED) is 0.930. The SMILES string of the molecule is COc1ccc(Br)c(NC(=O)C2CCCS2)c1. The van der Waals surface area contributed by atoms with E-state index in [0.717, 1.165) is 34.5 Å². The van der Waals surface area contributed by atoms with Gasteiger partial charge in [0.2, 0.25) is 5.91 Å². The van der Waals surface area contributed by atoms with E-state index in [1.807, 2.05) is 18.2 Å². The van der Waals surface area contributed by atoms with Gasteiger partial charge in [0.15, 0.2) is 0 Å². The minimum Gasteiger partial charge on any atom is -0.497 e. The molecule has 0 aromatic heterocycles. The predicted octanol–water partition coefficient (Wildman–Crippen LogP) is 3.29. The van der Waals surface area contributed by atoms with E-state index in [-0.39, 0.29) is 11.2 Å². The maximum absolute atomic E-state index is 12.0. The van der Waals surface area contributed by atoms with Crippen LogP contribution >= 0.6 is 27.7 Å². The van der Waals surface area contributed by atoms with Gasteiger partial charge < -0.3 is 10.1 Å². The van der Waals surface area contributed by atoms with E-state index in [1.54, 1.807) is 18.9 Å². The highest BCUT2D eigenvalue weighted by atomic mass is 79.9. The van der Waals surface area contributed by atoms with Crippen LogP contribution in [0.1, 0.15) is 12.8 Å². The number of halogens is 1. The number of carbonyl (C=O) groups excluding carboxylic acids is 1. The highest BCUT2D eigenvalue weighted by Crippen LogP contribution is 2.30. The first kappa shape index (κ1) is 12.8. The molecule has 17 heavy (non-hydrogen) atoms. The van der Waals surface area contributed by atoms with Gasteiger partial charge in [-0.15, -0.1) is 11.8 Å². The minimum absolute atomic E-state index is 0.0847. The Morgan fingerprint density at radius 1 is 1.59 bits per heavy atom. The molecule has 1 aromatic rings. The molecule has 1 aliphatic rings. The van der Waals surface area contributed by atoms with Crippen LogP contribution in [0, 0.1) is 0 Å². The Balaban J connectivity index is 2.09. The molecule has 3 nitrogen and oxygen atoms in total. The zero-order valence-electron chi connectivity index (χ0n) is 9.53. The number of hydrogen-bond donors (Lipinski definition) is 1. The van der Waals surface area contributed by atoms with Crippen LogP contribution in [0.5, 0.6) is 5.75 Å². The van der Waals surface area contributed by atoms with Crippen molar-refractivity contribution in [2.75, 3.05) is 18.2 Å². The molecule has 1 atom stereocenters. The molecule has 92 valence electrons. The summed E-state index contributed by atoms with van der Waals surface area (Å²) in [5.74, 6) is 1.90. The highest BCUT2D eigenvalue weighted by molar-refractivity contribution is 9.10. The van der Waals surface area contributed by atoms with E-state index < -0.39 is 0 Å². The van der Waals surface area contributed by atoms with E-state index in [1.165, 1.54) is 0 Å². The molecule has 1 amide bonds. The molecule has 1 heterocycles. The smallest absolute Gasteiger partial charge is 0.237 e. The summed E-state index contributed by atoms with van der Waals surface area (Å²) in [7, 11) is 1.61. The van der Waals surface area contributed by atoms with Gasteiger partial charge in [-0.2, -0.15) is 0 Å². The number of nitrogens with one attached hydrogen (secondary N) is 1. The molecule has 0 spiro atoms. The fourth-order valence-corrected chi connectivity index (χ4v) is 3.23. The Bertz CT molecular complexity index is 419. The topological polar surface area (TPSA) is 38.3 Å². The summed E-state index contributed by atoms with van der Waals surface area (Å²) in [5, 5.41) is 3.03. The number of carbonyl (C=O) groups is 1. The normalized spacial score (nSPS) is 19.1. The number of ether oxygens (including phenoxy) is 1. The first-order chi connectivity index (χ1) is 8.20. The maximum atomic E-state index is 12.0. The van der Waals surface area contributed by atoms with Gasteiger partial charge in [-0.1, -0.05) is 0 Å². The molecule has 0 radical (unpaired) electrons. The third-order valence-electron chi connectivity index (χ3n) is 2.65. The molecular formula is C12H14BrNO2S. The lowest BCUT2D eigenvalue weighted by molar-refractivity contribution is -0.115. The summed E-state index contributed by atoms with van der Waals surface area (Å²) in [6.45, 7) is 0. The minimum atomic E-state index is 0.0847.